The molecule has 0 saturated carbocycles. The molecule has 2 rings (SSSR count). The molecule has 0 spiro atoms. The fourth-order valence-electron chi connectivity index (χ4n) is 1.69. The molecule has 0 bridgehead atoms. The van der Waals surface area contributed by atoms with Gasteiger partial charge in [-0.15, -0.1) is 0 Å². The van der Waals surface area contributed by atoms with Crippen LogP contribution >= 0.6 is 0 Å². The van der Waals surface area contributed by atoms with Crippen molar-refractivity contribution in [3.8, 4) is 0 Å². The third kappa shape index (κ3) is 1.69. The first kappa shape index (κ1) is 10.0. The molecule has 1 N–H and O–H groups in total. The second-order valence-electron chi connectivity index (χ2n) is 5.08. The van der Waals surface area contributed by atoms with Gasteiger partial charge in [0.2, 0.25) is 0 Å². The molecule has 3 heteroatoms. The third-order valence-electron chi connectivity index (χ3n) is 2.56. The number of nitrogens with zero attached hydrogens (tertiary/aromatic N) is 1. The fraction of sp³-hybridized carbons (Fsp3) is 0.417. The Labute approximate surface area is 89.3 Å². The SMILES string of the molecule is Cc1cc2cc(C(C)(C)C)[nH]c2[n+]([O-])c1. The van der Waals surface area contributed by atoms with Crippen molar-refractivity contribution in [3.63, 3.8) is 0 Å². The Balaban J connectivity index is 2.71. The molecular weight excluding hydrogens is 188 g/mol. The van der Waals surface area contributed by atoms with Crippen molar-refractivity contribution in [2.75, 3.05) is 0 Å². The molecule has 0 aliphatic rings. The normalized spacial score (nSPS) is 12.3. The van der Waals surface area contributed by atoms with Crippen LogP contribution in [0.25, 0.3) is 11.0 Å². The third-order valence-corrected chi connectivity index (χ3v) is 2.56. The summed E-state index contributed by atoms with van der Waals surface area (Å²) in [7, 11) is 0. The van der Waals surface area contributed by atoms with Gasteiger partial charge < -0.3 is 5.21 Å². The molecule has 0 unspecified atom stereocenters. The van der Waals surface area contributed by atoms with Crippen molar-refractivity contribution in [2.24, 2.45) is 0 Å². The van der Waals surface area contributed by atoms with Crippen molar-refractivity contribution in [1.29, 1.82) is 0 Å². The molecule has 0 aliphatic carbocycles. The lowest BCUT2D eigenvalue weighted by molar-refractivity contribution is -0.579. The fourth-order valence-corrected chi connectivity index (χ4v) is 1.69. The van der Waals surface area contributed by atoms with Crippen LogP contribution in [0.1, 0.15) is 32.0 Å². The van der Waals surface area contributed by atoms with Gasteiger partial charge in [0.05, 0.1) is 11.6 Å². The van der Waals surface area contributed by atoms with Gasteiger partial charge in [0.1, 0.15) is 5.69 Å². The molecule has 2 aromatic rings. The van der Waals surface area contributed by atoms with Gasteiger partial charge in [0, 0.05) is 5.41 Å². The minimum absolute atomic E-state index is 0.0416. The Kier molecular flexibility index (Phi) is 2.00. The zero-order valence-electron chi connectivity index (χ0n) is 9.59. The molecule has 0 aliphatic heterocycles. The summed E-state index contributed by atoms with van der Waals surface area (Å²) in [6.07, 6.45) is 1.59. The van der Waals surface area contributed by atoms with E-state index in [1.165, 1.54) is 0 Å². The quantitative estimate of drug-likeness (QED) is 0.519. The number of hydrogen-bond donors (Lipinski definition) is 1. The molecule has 3 nitrogen and oxygen atoms in total. The minimum Gasteiger partial charge on any atom is -0.711 e. The standard InChI is InChI=1S/C12H16N2O/c1-8-5-9-6-10(12(2,3)4)13-11(9)14(15)7-8/h5-7,13H,1-4H3. The summed E-state index contributed by atoms with van der Waals surface area (Å²) in [5.41, 5.74) is 2.76. The van der Waals surface area contributed by atoms with Crippen LogP contribution in [-0.2, 0) is 5.41 Å². The summed E-state index contributed by atoms with van der Waals surface area (Å²) in [5.74, 6) is 0. The van der Waals surface area contributed by atoms with Crippen LogP contribution in [0.3, 0.4) is 0 Å². The lowest BCUT2D eigenvalue weighted by Gasteiger charge is -2.12. The number of aryl methyl sites for hydroxylation is 1. The molecule has 2 aromatic heterocycles. The minimum atomic E-state index is 0.0416. The zero-order chi connectivity index (χ0) is 11.2. The van der Waals surface area contributed by atoms with Gasteiger partial charge in [-0.05, 0) is 24.6 Å². The van der Waals surface area contributed by atoms with Crippen molar-refractivity contribution in [1.82, 2.24) is 4.98 Å². The second kappa shape index (κ2) is 2.99. The maximum absolute atomic E-state index is 11.6. The van der Waals surface area contributed by atoms with Gasteiger partial charge in [0.15, 0.2) is 0 Å². The monoisotopic (exact) mass is 204 g/mol. The molecule has 0 saturated heterocycles. The largest absolute Gasteiger partial charge is 0.711 e. The van der Waals surface area contributed by atoms with Gasteiger partial charge in [-0.25, -0.2) is 9.71 Å². The maximum atomic E-state index is 11.6. The predicted molar refractivity (Wildman–Crippen MR) is 60.7 cm³/mol. The van der Waals surface area contributed by atoms with E-state index in [4.69, 9.17) is 0 Å². The van der Waals surface area contributed by atoms with Crippen molar-refractivity contribution in [2.45, 2.75) is 33.1 Å². The first-order valence-electron chi connectivity index (χ1n) is 5.11. The van der Waals surface area contributed by atoms with E-state index in [-0.39, 0.29) is 5.41 Å². The Morgan fingerprint density at radius 3 is 2.53 bits per heavy atom. The van der Waals surface area contributed by atoms with Gasteiger partial charge in [-0.2, -0.15) is 0 Å². The number of aromatic nitrogens is 2. The van der Waals surface area contributed by atoms with Crippen LogP contribution in [-0.4, -0.2) is 4.98 Å². The predicted octanol–water partition coefficient (Wildman–Crippen LogP) is 2.41. The van der Waals surface area contributed by atoms with E-state index >= 15 is 0 Å². The van der Waals surface area contributed by atoms with E-state index in [0.29, 0.717) is 5.65 Å². The average Bonchev–Trinajstić information content (AvgIpc) is 2.46. The second-order valence-corrected chi connectivity index (χ2v) is 5.08. The van der Waals surface area contributed by atoms with Crippen LogP contribution in [0.2, 0.25) is 0 Å². The molecule has 0 atom stereocenters. The van der Waals surface area contributed by atoms with E-state index in [0.717, 1.165) is 21.4 Å². The molecule has 15 heavy (non-hydrogen) atoms. The smallest absolute Gasteiger partial charge is 0.289 e. The van der Waals surface area contributed by atoms with Gasteiger partial charge in [0.25, 0.3) is 5.65 Å². The van der Waals surface area contributed by atoms with Gasteiger partial charge in [-0.1, -0.05) is 20.8 Å². The molecule has 0 aromatic carbocycles. The number of aromatic amines is 1. The first-order valence-corrected chi connectivity index (χ1v) is 5.11. The highest BCUT2D eigenvalue weighted by atomic mass is 16.5. The molecule has 0 radical (unpaired) electrons. The van der Waals surface area contributed by atoms with Crippen molar-refractivity contribution < 1.29 is 4.73 Å². The van der Waals surface area contributed by atoms with E-state index in [2.05, 4.69) is 31.8 Å². The summed E-state index contributed by atoms with van der Waals surface area (Å²) < 4.78 is 0.903. The lowest BCUT2D eigenvalue weighted by Crippen LogP contribution is -2.27. The van der Waals surface area contributed by atoms with E-state index in [9.17, 15) is 5.21 Å². The van der Waals surface area contributed by atoms with E-state index < -0.39 is 0 Å². The molecule has 0 amide bonds. The summed E-state index contributed by atoms with van der Waals surface area (Å²) in [6, 6.07) is 4.08. The average molecular weight is 204 g/mol. The van der Waals surface area contributed by atoms with Crippen LogP contribution in [0.5, 0.6) is 0 Å². The van der Waals surface area contributed by atoms with Crippen LogP contribution in [0.4, 0.5) is 0 Å². The van der Waals surface area contributed by atoms with E-state index in [1.54, 1.807) is 6.20 Å². The Bertz CT molecular complexity index is 506. The molecule has 80 valence electrons. The van der Waals surface area contributed by atoms with E-state index in [1.807, 2.05) is 13.0 Å². The highest BCUT2D eigenvalue weighted by molar-refractivity contribution is 5.74. The van der Waals surface area contributed by atoms with Crippen LogP contribution in [0, 0.1) is 12.1 Å². The number of nitrogens with one attached hydrogen (secondary N) is 1. The summed E-state index contributed by atoms with van der Waals surface area (Å²) in [5, 5.41) is 12.6. The first-order chi connectivity index (χ1) is 6.88. The van der Waals surface area contributed by atoms with Gasteiger partial charge in [-0.3, -0.25) is 0 Å². The van der Waals surface area contributed by atoms with Crippen LogP contribution in [0.15, 0.2) is 18.3 Å². The van der Waals surface area contributed by atoms with Crippen molar-refractivity contribution in [3.05, 3.63) is 34.8 Å². The zero-order valence-corrected chi connectivity index (χ0v) is 9.59. The summed E-state index contributed by atoms with van der Waals surface area (Å²) in [6.45, 7) is 8.30. The Hall–Kier alpha value is -1.51. The topological polar surface area (TPSA) is 42.7 Å². The lowest BCUT2D eigenvalue weighted by atomic mass is 9.92. The summed E-state index contributed by atoms with van der Waals surface area (Å²) in [4.78, 5) is 3.18. The van der Waals surface area contributed by atoms with Gasteiger partial charge >= 0.3 is 0 Å². The Morgan fingerprint density at radius 2 is 1.93 bits per heavy atom. The highest BCUT2D eigenvalue weighted by Gasteiger charge is 2.21. The molecule has 2 heterocycles. The summed E-state index contributed by atoms with van der Waals surface area (Å²) >= 11 is 0. The highest BCUT2D eigenvalue weighted by Crippen LogP contribution is 2.24. The molecule has 0 fully saturated rings. The maximum Gasteiger partial charge on any atom is 0.289 e. The number of pyridine rings is 1. The van der Waals surface area contributed by atoms with Crippen LogP contribution < -0.4 is 4.73 Å². The number of H-pyrrole nitrogens is 1. The Morgan fingerprint density at radius 1 is 1.27 bits per heavy atom. The number of fused-ring (bicyclic) bond motifs is 1. The molecular formula is C12H16N2O. The number of hydrogen-bond acceptors (Lipinski definition) is 1. The van der Waals surface area contributed by atoms with Crippen molar-refractivity contribution >= 4 is 11.0 Å². The number of rotatable bonds is 0.